The van der Waals surface area contributed by atoms with Gasteiger partial charge in [-0.1, -0.05) is 6.92 Å². The minimum absolute atomic E-state index is 0.0701. The van der Waals surface area contributed by atoms with Gasteiger partial charge in [0.05, 0.1) is 24.4 Å². The quantitative estimate of drug-likeness (QED) is 0.637. The number of hydrogen-bond acceptors (Lipinski definition) is 4. The fraction of sp³-hybridized carbons (Fsp3) is 0.727. The first-order valence-electron chi connectivity index (χ1n) is 5.53. The molecular weight excluding hydrogens is 206 g/mol. The van der Waals surface area contributed by atoms with E-state index in [4.69, 9.17) is 0 Å². The Labute approximate surface area is 96.1 Å². The molecule has 0 radical (unpaired) electrons. The van der Waals surface area contributed by atoms with E-state index in [0.29, 0.717) is 13.0 Å². The number of aliphatic hydroxyl groups excluding tert-OH is 2. The molecule has 0 amide bonds. The van der Waals surface area contributed by atoms with Crippen molar-refractivity contribution in [2.45, 2.75) is 32.4 Å². The molecular formula is C11H21N3O2. The van der Waals surface area contributed by atoms with Crippen LogP contribution in [0.5, 0.6) is 0 Å². The van der Waals surface area contributed by atoms with Gasteiger partial charge in [-0.25, -0.2) is 0 Å². The predicted octanol–water partition coefficient (Wildman–Crippen LogP) is -0.0485. The monoisotopic (exact) mass is 227 g/mol. The van der Waals surface area contributed by atoms with Crippen molar-refractivity contribution in [1.29, 1.82) is 0 Å². The van der Waals surface area contributed by atoms with Gasteiger partial charge in [0.15, 0.2) is 0 Å². The molecule has 3 N–H and O–H groups in total. The molecule has 92 valence electrons. The molecule has 16 heavy (non-hydrogen) atoms. The standard InChI is InChI=1S/C11H21N3O2/c1-4-11(7-15,8-16)12-5-10-6-14(3)13-9(10)2/h6,12,15-16H,4-5,7-8H2,1-3H3. The van der Waals surface area contributed by atoms with E-state index in [1.54, 1.807) is 4.68 Å². The Kier molecular flexibility index (Phi) is 4.46. The maximum atomic E-state index is 9.29. The Morgan fingerprint density at radius 1 is 1.44 bits per heavy atom. The molecule has 1 rings (SSSR count). The fourth-order valence-electron chi connectivity index (χ4n) is 1.62. The van der Waals surface area contributed by atoms with E-state index in [0.717, 1.165) is 11.3 Å². The number of aryl methyl sites for hydroxylation is 2. The topological polar surface area (TPSA) is 70.3 Å². The van der Waals surface area contributed by atoms with Crippen molar-refractivity contribution in [3.05, 3.63) is 17.5 Å². The molecule has 0 bridgehead atoms. The zero-order valence-electron chi connectivity index (χ0n) is 10.2. The van der Waals surface area contributed by atoms with Gasteiger partial charge >= 0.3 is 0 Å². The fourth-order valence-corrected chi connectivity index (χ4v) is 1.62. The molecule has 1 aromatic rings. The molecule has 0 saturated heterocycles. The summed E-state index contributed by atoms with van der Waals surface area (Å²) in [6.45, 7) is 4.35. The number of rotatable bonds is 6. The summed E-state index contributed by atoms with van der Waals surface area (Å²) in [7, 11) is 1.88. The molecule has 0 aromatic carbocycles. The zero-order valence-corrected chi connectivity index (χ0v) is 10.2. The third-order valence-corrected chi connectivity index (χ3v) is 3.05. The lowest BCUT2D eigenvalue weighted by Gasteiger charge is -2.29. The highest BCUT2D eigenvalue weighted by atomic mass is 16.3. The predicted molar refractivity (Wildman–Crippen MR) is 62.0 cm³/mol. The molecule has 1 heterocycles. The first-order chi connectivity index (χ1) is 7.56. The Morgan fingerprint density at radius 3 is 2.44 bits per heavy atom. The van der Waals surface area contributed by atoms with E-state index < -0.39 is 5.54 Å². The van der Waals surface area contributed by atoms with E-state index in [1.807, 2.05) is 27.1 Å². The van der Waals surface area contributed by atoms with Crippen LogP contribution in [0.25, 0.3) is 0 Å². The third kappa shape index (κ3) is 2.81. The second kappa shape index (κ2) is 5.43. The number of nitrogens with zero attached hydrogens (tertiary/aromatic N) is 2. The summed E-state index contributed by atoms with van der Waals surface area (Å²) in [5.74, 6) is 0. The smallest absolute Gasteiger partial charge is 0.0648 e. The van der Waals surface area contributed by atoms with Crippen LogP contribution in [0.1, 0.15) is 24.6 Å². The second-order valence-corrected chi connectivity index (χ2v) is 4.22. The van der Waals surface area contributed by atoms with Crippen LogP contribution in [-0.4, -0.2) is 38.7 Å². The lowest BCUT2D eigenvalue weighted by Crippen LogP contribution is -2.50. The molecule has 0 aliphatic rings. The van der Waals surface area contributed by atoms with Gasteiger partial charge in [-0.15, -0.1) is 0 Å². The van der Waals surface area contributed by atoms with Crippen molar-refractivity contribution in [2.75, 3.05) is 13.2 Å². The van der Waals surface area contributed by atoms with E-state index in [1.165, 1.54) is 0 Å². The minimum atomic E-state index is -0.595. The molecule has 5 heteroatoms. The average molecular weight is 227 g/mol. The zero-order chi connectivity index (χ0) is 12.2. The molecule has 0 aliphatic carbocycles. The molecule has 0 fully saturated rings. The first kappa shape index (κ1) is 13.2. The SMILES string of the molecule is CCC(CO)(CO)NCc1cn(C)nc1C. The maximum absolute atomic E-state index is 9.29. The lowest BCUT2D eigenvalue weighted by atomic mass is 9.98. The highest BCUT2D eigenvalue weighted by Gasteiger charge is 2.25. The van der Waals surface area contributed by atoms with Crippen molar-refractivity contribution < 1.29 is 10.2 Å². The summed E-state index contributed by atoms with van der Waals surface area (Å²) < 4.78 is 1.76. The Bertz CT molecular complexity index is 324. The van der Waals surface area contributed by atoms with E-state index >= 15 is 0 Å². The van der Waals surface area contributed by atoms with Gasteiger partial charge in [0.2, 0.25) is 0 Å². The highest BCUT2D eigenvalue weighted by molar-refractivity contribution is 5.15. The number of aliphatic hydroxyl groups is 2. The summed E-state index contributed by atoms with van der Waals surface area (Å²) in [5, 5.41) is 26.0. The summed E-state index contributed by atoms with van der Waals surface area (Å²) in [6.07, 6.45) is 2.62. The van der Waals surface area contributed by atoms with E-state index in [-0.39, 0.29) is 13.2 Å². The highest BCUT2D eigenvalue weighted by Crippen LogP contribution is 2.11. The number of nitrogens with one attached hydrogen (secondary N) is 1. The molecule has 0 atom stereocenters. The van der Waals surface area contributed by atoms with Crippen LogP contribution < -0.4 is 5.32 Å². The maximum Gasteiger partial charge on any atom is 0.0648 e. The summed E-state index contributed by atoms with van der Waals surface area (Å²) in [4.78, 5) is 0. The minimum Gasteiger partial charge on any atom is -0.394 e. The van der Waals surface area contributed by atoms with Crippen molar-refractivity contribution in [3.8, 4) is 0 Å². The van der Waals surface area contributed by atoms with Gasteiger partial charge in [0.25, 0.3) is 0 Å². The van der Waals surface area contributed by atoms with Gasteiger partial charge in [0, 0.05) is 25.4 Å². The Hall–Kier alpha value is -0.910. The number of aromatic nitrogens is 2. The van der Waals surface area contributed by atoms with Crippen LogP contribution in [0, 0.1) is 6.92 Å². The molecule has 0 aliphatic heterocycles. The van der Waals surface area contributed by atoms with Gasteiger partial charge in [0.1, 0.15) is 0 Å². The summed E-state index contributed by atoms with van der Waals surface area (Å²) in [5.41, 5.74) is 1.46. The summed E-state index contributed by atoms with van der Waals surface area (Å²) in [6, 6.07) is 0. The van der Waals surface area contributed by atoms with E-state index in [9.17, 15) is 10.2 Å². The molecule has 1 aromatic heterocycles. The number of hydrogen-bond donors (Lipinski definition) is 3. The van der Waals surface area contributed by atoms with Crippen molar-refractivity contribution in [3.63, 3.8) is 0 Å². The van der Waals surface area contributed by atoms with Crippen LogP contribution in [0.2, 0.25) is 0 Å². The van der Waals surface area contributed by atoms with Crippen LogP contribution in [0.15, 0.2) is 6.20 Å². The van der Waals surface area contributed by atoms with Crippen molar-refractivity contribution in [2.24, 2.45) is 7.05 Å². The largest absolute Gasteiger partial charge is 0.394 e. The van der Waals surface area contributed by atoms with Crippen LogP contribution in [-0.2, 0) is 13.6 Å². The molecule has 5 nitrogen and oxygen atoms in total. The van der Waals surface area contributed by atoms with Gasteiger partial charge in [-0.05, 0) is 13.3 Å². The average Bonchev–Trinajstić information content (AvgIpc) is 2.60. The van der Waals surface area contributed by atoms with Gasteiger partial charge < -0.3 is 15.5 Å². The third-order valence-electron chi connectivity index (χ3n) is 3.05. The molecule has 0 unspecified atom stereocenters. The van der Waals surface area contributed by atoms with Crippen molar-refractivity contribution in [1.82, 2.24) is 15.1 Å². The molecule has 0 spiro atoms. The Morgan fingerprint density at radius 2 is 2.06 bits per heavy atom. The second-order valence-electron chi connectivity index (χ2n) is 4.22. The molecule has 0 saturated carbocycles. The van der Waals surface area contributed by atoms with Gasteiger partial charge in [-0.2, -0.15) is 5.10 Å². The Balaban J connectivity index is 2.65. The van der Waals surface area contributed by atoms with E-state index in [2.05, 4.69) is 10.4 Å². The normalized spacial score (nSPS) is 12.1. The van der Waals surface area contributed by atoms with Crippen LogP contribution in [0.3, 0.4) is 0 Å². The van der Waals surface area contributed by atoms with Crippen molar-refractivity contribution >= 4 is 0 Å². The summed E-state index contributed by atoms with van der Waals surface area (Å²) >= 11 is 0. The first-order valence-corrected chi connectivity index (χ1v) is 5.53. The van der Waals surface area contributed by atoms with Crippen LogP contribution >= 0.6 is 0 Å². The van der Waals surface area contributed by atoms with Gasteiger partial charge in [-0.3, -0.25) is 4.68 Å². The van der Waals surface area contributed by atoms with Crippen LogP contribution in [0.4, 0.5) is 0 Å². The lowest BCUT2D eigenvalue weighted by molar-refractivity contribution is 0.0863.